The molecule has 0 aromatic heterocycles. The summed E-state index contributed by atoms with van der Waals surface area (Å²) in [5.41, 5.74) is 5.36. The molecule has 1 aliphatic rings. The van der Waals surface area contributed by atoms with Crippen LogP contribution in [0.1, 0.15) is 45.2 Å². The summed E-state index contributed by atoms with van der Waals surface area (Å²) in [5, 5.41) is 0. The molecule has 0 saturated heterocycles. The summed E-state index contributed by atoms with van der Waals surface area (Å²) in [5.74, 6) is -0.0297. The van der Waals surface area contributed by atoms with Gasteiger partial charge in [-0.3, -0.25) is 4.79 Å². The predicted molar refractivity (Wildman–Crippen MR) is 148 cm³/mol. The van der Waals surface area contributed by atoms with E-state index in [4.69, 9.17) is 18.9 Å². The fourth-order valence-corrected chi connectivity index (χ4v) is 5.97. The first-order valence-corrected chi connectivity index (χ1v) is 14.3. The largest absolute Gasteiger partial charge is 0.488 e. The summed E-state index contributed by atoms with van der Waals surface area (Å²) in [7, 11) is -2.67. The fourth-order valence-electron chi connectivity index (χ4n) is 4.43. The zero-order valence-corrected chi connectivity index (χ0v) is 24.0. The van der Waals surface area contributed by atoms with Gasteiger partial charge in [-0.25, -0.2) is 8.42 Å². The maximum atomic E-state index is 13.1. The first kappa shape index (κ1) is 29.8. The second-order valence-electron chi connectivity index (χ2n) is 9.55. The van der Waals surface area contributed by atoms with Crippen molar-refractivity contribution in [1.82, 2.24) is 4.31 Å². The Morgan fingerprint density at radius 1 is 1.05 bits per heavy atom. The number of hydrogen-bond donors (Lipinski definition) is 0. The molecule has 8 nitrogen and oxygen atoms in total. The van der Waals surface area contributed by atoms with Crippen molar-refractivity contribution >= 4 is 21.6 Å². The van der Waals surface area contributed by atoms with Gasteiger partial charge in [-0.1, -0.05) is 36.4 Å². The number of hydrogen-bond acceptors (Lipinski definition) is 7. The molecule has 0 atom stereocenters. The van der Waals surface area contributed by atoms with Gasteiger partial charge in [0.15, 0.2) is 11.0 Å². The lowest BCUT2D eigenvalue weighted by atomic mass is 9.93. The minimum atomic E-state index is -3.86. The molecule has 0 spiro atoms. The van der Waals surface area contributed by atoms with Crippen LogP contribution in [0.5, 0.6) is 5.75 Å². The van der Waals surface area contributed by atoms with Crippen LogP contribution in [0, 0.1) is 6.92 Å². The minimum absolute atomic E-state index is 0.211. The molecule has 2 aromatic rings. The summed E-state index contributed by atoms with van der Waals surface area (Å²) in [6.45, 7) is 10.6. The summed E-state index contributed by atoms with van der Waals surface area (Å²) < 4.78 is 47.6. The molecule has 0 amide bonds. The van der Waals surface area contributed by atoms with E-state index >= 15 is 0 Å². The summed E-state index contributed by atoms with van der Waals surface area (Å²) >= 11 is 0. The molecule has 0 bridgehead atoms. The molecule has 0 N–H and O–H groups in total. The van der Waals surface area contributed by atoms with Crippen LogP contribution >= 0.6 is 0 Å². The van der Waals surface area contributed by atoms with Crippen molar-refractivity contribution in [1.29, 1.82) is 0 Å². The number of carbonyl (C=O) groups excluding carboxylic acids is 1. The lowest BCUT2D eigenvalue weighted by Gasteiger charge is -2.32. The van der Waals surface area contributed by atoms with Crippen LogP contribution in [-0.4, -0.2) is 69.7 Å². The Hall–Kier alpha value is -2.72. The van der Waals surface area contributed by atoms with Gasteiger partial charge in [0, 0.05) is 26.3 Å². The number of nitrogens with zero attached hydrogens (tertiary/aromatic N) is 1. The zero-order valence-electron chi connectivity index (χ0n) is 23.2. The van der Waals surface area contributed by atoms with E-state index in [-0.39, 0.29) is 6.54 Å². The van der Waals surface area contributed by atoms with E-state index in [2.05, 4.69) is 25.1 Å². The Bertz CT molecular complexity index is 1250. The van der Waals surface area contributed by atoms with Crippen LogP contribution in [0.25, 0.3) is 16.7 Å². The Morgan fingerprint density at radius 3 is 2.34 bits per heavy atom. The third-order valence-corrected chi connectivity index (χ3v) is 9.13. The Labute approximate surface area is 226 Å². The van der Waals surface area contributed by atoms with E-state index in [0.29, 0.717) is 32.8 Å². The highest BCUT2D eigenvalue weighted by Gasteiger charge is 2.46. The van der Waals surface area contributed by atoms with Crippen LogP contribution in [-0.2, 0) is 29.0 Å². The van der Waals surface area contributed by atoms with Crippen molar-refractivity contribution in [2.75, 3.05) is 40.0 Å². The maximum Gasteiger partial charge on any atom is 0.328 e. The van der Waals surface area contributed by atoms with Crippen molar-refractivity contribution in [2.24, 2.45) is 0 Å². The van der Waals surface area contributed by atoms with E-state index in [1.54, 1.807) is 0 Å². The van der Waals surface area contributed by atoms with Gasteiger partial charge in [-0.05, 0) is 81.0 Å². The smallest absolute Gasteiger partial charge is 0.328 e. The molecule has 0 radical (unpaired) electrons. The van der Waals surface area contributed by atoms with Crippen molar-refractivity contribution in [2.45, 2.75) is 52.1 Å². The maximum absolute atomic E-state index is 13.1. The van der Waals surface area contributed by atoms with Gasteiger partial charge in [0.25, 0.3) is 0 Å². The van der Waals surface area contributed by atoms with Crippen LogP contribution < -0.4 is 4.74 Å². The SMILES string of the molecule is CCOC(COc1cccc(-c2ccc(C3=CCN(S(=O)(=O)C(C)(C)C(=O)OC)CC3)cc2C)c1)OCC. The molecule has 1 heterocycles. The standard InChI is InChI=1S/C29H39NO7S/c1-7-35-27(36-8-2)20-37-25-11-9-10-24(19-25)26-13-12-23(18-21(26)3)22-14-16-30(17-15-22)38(32,33)29(4,5)28(31)34-6/h9-14,18-19,27H,7-8,15-17,20H2,1-6H3. The summed E-state index contributed by atoms with van der Waals surface area (Å²) in [6.07, 6.45) is 2.07. The Balaban J connectivity index is 1.73. The first-order chi connectivity index (χ1) is 18.0. The van der Waals surface area contributed by atoms with Crippen molar-refractivity contribution in [3.8, 4) is 16.9 Å². The second kappa shape index (κ2) is 12.9. The first-order valence-electron chi connectivity index (χ1n) is 12.9. The molecule has 9 heteroatoms. The molecule has 1 aliphatic heterocycles. The van der Waals surface area contributed by atoms with Crippen molar-refractivity contribution in [3.05, 3.63) is 59.7 Å². The summed E-state index contributed by atoms with van der Waals surface area (Å²) in [6, 6.07) is 14.2. The van der Waals surface area contributed by atoms with Crippen LogP contribution in [0.15, 0.2) is 48.5 Å². The topological polar surface area (TPSA) is 91.4 Å². The number of benzene rings is 2. The molecule has 0 aliphatic carbocycles. The highest BCUT2D eigenvalue weighted by molar-refractivity contribution is 7.91. The minimum Gasteiger partial charge on any atom is -0.488 e. The van der Waals surface area contributed by atoms with Gasteiger partial charge < -0.3 is 18.9 Å². The third-order valence-electron chi connectivity index (χ3n) is 6.67. The predicted octanol–water partition coefficient (Wildman–Crippen LogP) is 4.81. The molecular formula is C29H39NO7S. The normalized spacial score (nSPS) is 14.9. The Kier molecular flexibility index (Phi) is 10.1. The van der Waals surface area contributed by atoms with Crippen molar-refractivity contribution < 1.29 is 32.2 Å². The van der Waals surface area contributed by atoms with Crippen molar-refractivity contribution in [3.63, 3.8) is 0 Å². The third kappa shape index (κ3) is 6.64. The lowest BCUT2D eigenvalue weighted by Crippen LogP contribution is -2.51. The molecule has 208 valence electrons. The van der Waals surface area contributed by atoms with Gasteiger partial charge in [-0.15, -0.1) is 0 Å². The second-order valence-corrected chi connectivity index (χ2v) is 12.0. The van der Waals surface area contributed by atoms with E-state index in [0.717, 1.165) is 33.6 Å². The molecular weight excluding hydrogens is 506 g/mol. The molecule has 0 unspecified atom stereocenters. The molecule has 0 fully saturated rings. The number of methoxy groups -OCH3 is 1. The van der Waals surface area contributed by atoms with Gasteiger partial charge in [-0.2, -0.15) is 4.31 Å². The molecule has 3 rings (SSSR count). The van der Waals surface area contributed by atoms with E-state index in [9.17, 15) is 13.2 Å². The van der Waals surface area contributed by atoms with Gasteiger partial charge >= 0.3 is 5.97 Å². The number of carbonyl (C=O) groups is 1. The molecule has 2 aromatic carbocycles. The van der Waals surface area contributed by atoms with Crippen LogP contribution in [0.3, 0.4) is 0 Å². The summed E-state index contributed by atoms with van der Waals surface area (Å²) in [4.78, 5) is 12.1. The van der Waals surface area contributed by atoms with Crippen LogP contribution in [0.2, 0.25) is 0 Å². The molecule has 38 heavy (non-hydrogen) atoms. The van der Waals surface area contributed by atoms with E-state index in [1.807, 2.05) is 44.2 Å². The fraction of sp³-hybridized carbons (Fsp3) is 0.483. The Morgan fingerprint density at radius 2 is 1.76 bits per heavy atom. The highest BCUT2D eigenvalue weighted by atomic mass is 32.2. The van der Waals surface area contributed by atoms with Crippen LogP contribution in [0.4, 0.5) is 0 Å². The molecule has 0 saturated carbocycles. The zero-order chi connectivity index (χ0) is 27.9. The van der Waals surface area contributed by atoms with E-state index < -0.39 is 27.0 Å². The number of aryl methyl sites for hydroxylation is 1. The number of ether oxygens (including phenoxy) is 4. The van der Waals surface area contributed by atoms with Gasteiger partial charge in [0.2, 0.25) is 10.0 Å². The number of sulfonamides is 1. The van der Waals surface area contributed by atoms with Gasteiger partial charge in [0.1, 0.15) is 12.4 Å². The quantitative estimate of drug-likeness (QED) is 0.279. The monoisotopic (exact) mass is 545 g/mol. The lowest BCUT2D eigenvalue weighted by molar-refractivity contribution is -0.152. The highest BCUT2D eigenvalue weighted by Crippen LogP contribution is 2.32. The average molecular weight is 546 g/mol. The number of rotatable bonds is 12. The number of esters is 1. The van der Waals surface area contributed by atoms with Gasteiger partial charge in [0.05, 0.1) is 7.11 Å². The average Bonchev–Trinajstić information content (AvgIpc) is 2.91. The van der Waals surface area contributed by atoms with E-state index in [1.165, 1.54) is 25.3 Å².